The summed E-state index contributed by atoms with van der Waals surface area (Å²) in [6, 6.07) is 2.70. The summed E-state index contributed by atoms with van der Waals surface area (Å²) in [5.74, 6) is -0.873. The molecule has 114 valence electrons. The van der Waals surface area contributed by atoms with E-state index in [-0.39, 0.29) is 18.0 Å². The Morgan fingerprint density at radius 3 is 2.62 bits per heavy atom. The molecule has 1 fully saturated rings. The first-order valence-corrected chi connectivity index (χ1v) is 6.43. The lowest BCUT2D eigenvalue weighted by Gasteiger charge is -2.19. The summed E-state index contributed by atoms with van der Waals surface area (Å²) in [6.07, 6.45) is -1.36. The smallest absolute Gasteiger partial charge is 0.305 e. The van der Waals surface area contributed by atoms with Crippen LogP contribution in [-0.2, 0) is 4.79 Å². The van der Waals surface area contributed by atoms with Gasteiger partial charge in [0.1, 0.15) is 0 Å². The van der Waals surface area contributed by atoms with Crippen molar-refractivity contribution in [3.8, 4) is 0 Å². The first-order valence-electron chi connectivity index (χ1n) is 6.43. The second-order valence-corrected chi connectivity index (χ2v) is 5.02. The molecule has 1 aromatic carbocycles. The molecular formula is C13H14F2N2O4. The topological polar surface area (TPSA) is 92.5 Å². The molecule has 0 amide bonds. The zero-order chi connectivity index (χ0) is 15.6. The molecule has 0 spiro atoms. The molecular weight excluding hydrogens is 286 g/mol. The van der Waals surface area contributed by atoms with Crippen molar-refractivity contribution in [1.29, 1.82) is 0 Å². The van der Waals surface area contributed by atoms with Gasteiger partial charge in [-0.25, -0.2) is 8.78 Å². The molecule has 1 aromatic rings. The number of nitro groups is 1. The monoisotopic (exact) mass is 300 g/mol. The Balaban J connectivity index is 2.25. The highest BCUT2D eigenvalue weighted by Gasteiger charge is 2.33. The number of nitrogens with zero attached hydrogens (tertiary/aromatic N) is 1. The summed E-state index contributed by atoms with van der Waals surface area (Å²) in [4.78, 5) is 20.7. The van der Waals surface area contributed by atoms with Gasteiger partial charge in [-0.3, -0.25) is 14.9 Å². The van der Waals surface area contributed by atoms with Gasteiger partial charge in [-0.15, -0.1) is 0 Å². The van der Waals surface area contributed by atoms with Crippen molar-refractivity contribution in [3.05, 3.63) is 33.9 Å². The zero-order valence-corrected chi connectivity index (χ0v) is 11.0. The number of nitrogens with one attached hydrogen (secondary N) is 1. The number of rotatable bonds is 7. The van der Waals surface area contributed by atoms with Crippen molar-refractivity contribution in [2.75, 3.05) is 5.32 Å². The second kappa shape index (κ2) is 6.02. The van der Waals surface area contributed by atoms with Gasteiger partial charge in [0, 0.05) is 29.4 Å². The summed E-state index contributed by atoms with van der Waals surface area (Å²) in [5, 5.41) is 22.3. The molecule has 1 unspecified atom stereocenters. The molecule has 0 bridgehead atoms. The molecule has 0 aliphatic heterocycles. The van der Waals surface area contributed by atoms with E-state index in [2.05, 4.69) is 5.32 Å². The highest BCUT2D eigenvalue weighted by Crippen LogP contribution is 2.38. The fourth-order valence-corrected chi connectivity index (χ4v) is 2.20. The van der Waals surface area contributed by atoms with Crippen LogP contribution in [0.3, 0.4) is 0 Å². The molecule has 0 radical (unpaired) electrons. The fraction of sp³-hybridized carbons (Fsp3) is 0.462. The van der Waals surface area contributed by atoms with Crippen LogP contribution in [0.1, 0.15) is 31.3 Å². The average Bonchev–Trinajstić information content (AvgIpc) is 3.21. The number of hydrogen-bond donors (Lipinski definition) is 2. The normalized spacial score (nSPS) is 15.8. The number of anilines is 1. The Morgan fingerprint density at radius 1 is 1.48 bits per heavy atom. The van der Waals surface area contributed by atoms with Crippen LogP contribution in [0.2, 0.25) is 0 Å². The van der Waals surface area contributed by atoms with E-state index in [4.69, 9.17) is 5.11 Å². The number of hydrogen-bond acceptors (Lipinski definition) is 4. The predicted molar refractivity (Wildman–Crippen MR) is 70.4 cm³/mol. The van der Waals surface area contributed by atoms with Gasteiger partial charge in [0.25, 0.3) is 12.1 Å². The molecule has 6 nitrogen and oxygen atoms in total. The van der Waals surface area contributed by atoms with E-state index in [1.165, 1.54) is 6.07 Å². The molecule has 21 heavy (non-hydrogen) atoms. The lowest BCUT2D eigenvalue weighted by atomic mass is 10.1. The second-order valence-electron chi connectivity index (χ2n) is 5.02. The van der Waals surface area contributed by atoms with Crippen LogP contribution in [0.15, 0.2) is 18.2 Å². The van der Waals surface area contributed by atoms with Crippen molar-refractivity contribution in [2.45, 2.75) is 31.7 Å². The lowest BCUT2D eigenvalue weighted by molar-refractivity contribution is -0.385. The maximum absolute atomic E-state index is 13.0. The molecule has 0 aromatic heterocycles. The SMILES string of the molecule is O=C(O)CC(Nc1ccc([N+](=O)[O-])cc1C(F)F)C1CC1. The largest absolute Gasteiger partial charge is 0.481 e. The highest BCUT2D eigenvalue weighted by atomic mass is 19.3. The van der Waals surface area contributed by atoms with E-state index in [0.717, 1.165) is 25.0 Å². The molecule has 1 atom stereocenters. The van der Waals surface area contributed by atoms with Crippen molar-refractivity contribution >= 4 is 17.3 Å². The van der Waals surface area contributed by atoms with Crippen LogP contribution in [0.5, 0.6) is 0 Å². The number of halogens is 2. The number of alkyl halides is 2. The third-order valence-corrected chi connectivity index (χ3v) is 3.41. The van der Waals surface area contributed by atoms with Crippen LogP contribution in [0, 0.1) is 16.0 Å². The molecule has 2 N–H and O–H groups in total. The van der Waals surface area contributed by atoms with Crippen molar-refractivity contribution in [3.63, 3.8) is 0 Å². The van der Waals surface area contributed by atoms with Gasteiger partial charge < -0.3 is 10.4 Å². The van der Waals surface area contributed by atoms with Gasteiger partial charge >= 0.3 is 5.97 Å². The lowest BCUT2D eigenvalue weighted by Crippen LogP contribution is -2.26. The van der Waals surface area contributed by atoms with Crippen molar-refractivity contribution < 1.29 is 23.6 Å². The number of carboxylic acid groups (broad SMARTS) is 1. The van der Waals surface area contributed by atoms with E-state index < -0.39 is 34.6 Å². The molecule has 2 rings (SSSR count). The van der Waals surface area contributed by atoms with E-state index in [1.807, 2.05) is 0 Å². The number of non-ortho nitro benzene ring substituents is 1. The number of nitro benzene ring substituents is 1. The van der Waals surface area contributed by atoms with Crippen LogP contribution in [-0.4, -0.2) is 22.0 Å². The standard InChI is InChI=1S/C13H14F2N2O4/c14-13(15)9-5-8(17(20)21)3-4-10(9)16-11(6-12(18)19)7-1-2-7/h3-5,7,11,13,16H,1-2,6H2,(H,18,19). The number of benzene rings is 1. The fourth-order valence-electron chi connectivity index (χ4n) is 2.20. The van der Waals surface area contributed by atoms with E-state index in [9.17, 15) is 23.7 Å². The number of carbonyl (C=O) groups is 1. The van der Waals surface area contributed by atoms with E-state index in [1.54, 1.807) is 0 Å². The molecule has 1 aliphatic rings. The van der Waals surface area contributed by atoms with Crippen molar-refractivity contribution in [2.24, 2.45) is 5.92 Å². The van der Waals surface area contributed by atoms with Crippen LogP contribution in [0.25, 0.3) is 0 Å². The summed E-state index contributed by atoms with van der Waals surface area (Å²) in [6.45, 7) is 0. The average molecular weight is 300 g/mol. The predicted octanol–water partition coefficient (Wildman–Crippen LogP) is 3.20. The Morgan fingerprint density at radius 2 is 2.14 bits per heavy atom. The maximum atomic E-state index is 13.0. The summed E-state index contributed by atoms with van der Waals surface area (Å²) < 4.78 is 26.0. The first-order chi connectivity index (χ1) is 9.88. The van der Waals surface area contributed by atoms with Gasteiger partial charge in [0.15, 0.2) is 0 Å². The van der Waals surface area contributed by atoms with E-state index in [0.29, 0.717) is 0 Å². The van der Waals surface area contributed by atoms with Gasteiger partial charge in [-0.1, -0.05) is 0 Å². The summed E-state index contributed by atoms with van der Waals surface area (Å²) in [7, 11) is 0. The zero-order valence-electron chi connectivity index (χ0n) is 11.0. The highest BCUT2D eigenvalue weighted by molar-refractivity contribution is 5.69. The summed E-state index contributed by atoms with van der Waals surface area (Å²) in [5.41, 5.74) is -0.856. The third kappa shape index (κ3) is 3.87. The van der Waals surface area contributed by atoms with E-state index >= 15 is 0 Å². The minimum atomic E-state index is -2.88. The Bertz CT molecular complexity index is 561. The van der Waals surface area contributed by atoms with Crippen molar-refractivity contribution in [1.82, 2.24) is 0 Å². The molecule has 1 aliphatic carbocycles. The minimum Gasteiger partial charge on any atom is -0.481 e. The van der Waals surface area contributed by atoms with Crippen LogP contribution in [0.4, 0.5) is 20.2 Å². The van der Waals surface area contributed by atoms with Crippen LogP contribution < -0.4 is 5.32 Å². The maximum Gasteiger partial charge on any atom is 0.305 e. The molecule has 8 heteroatoms. The molecule has 0 saturated heterocycles. The Labute approximate surface area is 118 Å². The number of carboxylic acids is 1. The minimum absolute atomic E-state index is 0.0498. The van der Waals surface area contributed by atoms with Gasteiger partial charge in [0.05, 0.1) is 11.3 Å². The third-order valence-electron chi connectivity index (χ3n) is 3.41. The van der Waals surface area contributed by atoms with Gasteiger partial charge in [0.2, 0.25) is 0 Å². The quantitative estimate of drug-likeness (QED) is 0.596. The Kier molecular flexibility index (Phi) is 4.35. The number of aliphatic carboxylic acids is 1. The molecule has 0 heterocycles. The summed E-state index contributed by atoms with van der Waals surface area (Å²) >= 11 is 0. The van der Waals surface area contributed by atoms with Crippen LogP contribution >= 0.6 is 0 Å². The molecule has 1 saturated carbocycles. The van der Waals surface area contributed by atoms with Gasteiger partial charge in [-0.05, 0) is 24.8 Å². The first kappa shape index (κ1) is 15.1. The Hall–Kier alpha value is -2.25. The van der Waals surface area contributed by atoms with Gasteiger partial charge in [-0.2, -0.15) is 0 Å².